The molecule has 0 bridgehead atoms. The molecule has 22 heavy (non-hydrogen) atoms. The van der Waals surface area contributed by atoms with Crippen LogP contribution in [-0.4, -0.2) is 19.6 Å². The molecular weight excluding hydrogens is 345 g/mol. The van der Waals surface area contributed by atoms with Crippen LogP contribution in [0.1, 0.15) is 19.4 Å². The van der Waals surface area contributed by atoms with Crippen molar-refractivity contribution in [2.45, 2.75) is 31.0 Å². The van der Waals surface area contributed by atoms with E-state index in [2.05, 4.69) is 4.72 Å². The number of carbonyl (C=O) groups excluding carboxylic acids is 1. The second kappa shape index (κ2) is 6.07. The molecule has 0 saturated heterocycles. The summed E-state index contributed by atoms with van der Waals surface area (Å²) in [6.07, 6.45) is 0. The van der Waals surface area contributed by atoms with E-state index >= 15 is 0 Å². The van der Waals surface area contributed by atoms with E-state index in [0.717, 1.165) is 5.56 Å². The van der Waals surface area contributed by atoms with Crippen molar-refractivity contribution < 1.29 is 13.2 Å². The van der Waals surface area contributed by atoms with Crippen molar-refractivity contribution >= 4 is 39.0 Å². The topological polar surface area (TPSA) is 63.2 Å². The summed E-state index contributed by atoms with van der Waals surface area (Å²) in [5.41, 5.74) is 1.99. The van der Waals surface area contributed by atoms with Crippen molar-refractivity contribution in [3.8, 4) is 0 Å². The highest BCUT2D eigenvalue weighted by Crippen LogP contribution is 2.32. The van der Waals surface area contributed by atoms with Crippen LogP contribution >= 0.6 is 23.2 Å². The van der Waals surface area contributed by atoms with Crippen molar-refractivity contribution in [2.75, 3.05) is 0 Å². The summed E-state index contributed by atoms with van der Waals surface area (Å²) in [4.78, 5) is 12.0. The first kappa shape index (κ1) is 17.1. The van der Waals surface area contributed by atoms with E-state index in [9.17, 15) is 13.2 Å². The van der Waals surface area contributed by atoms with Crippen LogP contribution in [0.5, 0.6) is 0 Å². The fraction of sp³-hybridized carbons (Fsp3) is 0.267. The van der Waals surface area contributed by atoms with Gasteiger partial charge in [-0.1, -0.05) is 29.3 Å². The lowest BCUT2D eigenvalue weighted by atomic mass is 9.96. The Kier molecular flexibility index (Phi) is 4.70. The highest BCUT2D eigenvalue weighted by Gasteiger charge is 2.32. The van der Waals surface area contributed by atoms with E-state index in [1.54, 1.807) is 26.0 Å². The number of carbonyl (C=O) groups is 1. The molecule has 0 fully saturated rings. The van der Waals surface area contributed by atoms with Crippen molar-refractivity contribution in [1.29, 1.82) is 0 Å². The minimum atomic E-state index is -3.80. The van der Waals surface area contributed by atoms with E-state index < -0.39 is 15.4 Å². The van der Waals surface area contributed by atoms with E-state index in [0.29, 0.717) is 11.1 Å². The predicted octanol–water partition coefficient (Wildman–Crippen LogP) is 3.25. The molecule has 0 heterocycles. The van der Waals surface area contributed by atoms with Gasteiger partial charge in [-0.15, -0.1) is 11.6 Å². The number of Topliss-reactive ketones (excluding diaryl/α,β-unsaturated/α-hetero) is 1. The molecule has 1 aliphatic rings. The molecule has 1 aliphatic carbocycles. The number of benzene rings is 1. The van der Waals surface area contributed by atoms with Gasteiger partial charge in [-0.3, -0.25) is 9.52 Å². The maximum Gasteiger partial charge on any atom is 0.261 e. The lowest BCUT2D eigenvalue weighted by Crippen LogP contribution is -2.31. The van der Waals surface area contributed by atoms with Crippen LogP contribution in [-0.2, 0) is 14.8 Å². The Balaban J connectivity index is 2.45. The standard InChI is InChI=1S/C15H15Cl2NO3S/c1-8-4-6-11(7-5-8)22(20,21)18-14-9(2)10(3)15(19)13(17)12(14)16/h4-7,13,18H,1-3H3. The first-order chi connectivity index (χ1) is 10.1. The highest BCUT2D eigenvalue weighted by atomic mass is 35.5. The maximum absolute atomic E-state index is 12.4. The average molecular weight is 360 g/mol. The van der Waals surface area contributed by atoms with E-state index in [1.165, 1.54) is 12.1 Å². The number of ketones is 1. The zero-order chi connectivity index (χ0) is 16.7. The fourth-order valence-electron chi connectivity index (χ4n) is 2.02. The third-order valence-corrected chi connectivity index (χ3v) is 5.87. The van der Waals surface area contributed by atoms with Crippen molar-refractivity contribution in [2.24, 2.45) is 0 Å². The minimum absolute atomic E-state index is 0.00884. The van der Waals surface area contributed by atoms with Gasteiger partial charge in [-0.25, -0.2) is 8.42 Å². The molecule has 0 aliphatic heterocycles. The molecule has 0 radical (unpaired) electrons. The molecule has 0 spiro atoms. The van der Waals surface area contributed by atoms with E-state index in [4.69, 9.17) is 23.2 Å². The number of nitrogens with one attached hydrogen (secondary N) is 1. The summed E-state index contributed by atoms with van der Waals surface area (Å²) < 4.78 is 27.3. The molecule has 1 unspecified atom stereocenters. The first-order valence-electron chi connectivity index (χ1n) is 6.50. The molecule has 1 aromatic carbocycles. The Labute approximate surface area is 139 Å². The number of allylic oxidation sites excluding steroid dienone is 3. The largest absolute Gasteiger partial charge is 0.292 e. The van der Waals surface area contributed by atoms with Crippen molar-refractivity contribution in [3.05, 3.63) is 51.7 Å². The molecule has 1 aromatic rings. The number of hydrogen-bond donors (Lipinski definition) is 1. The van der Waals surface area contributed by atoms with Gasteiger partial charge < -0.3 is 0 Å². The number of halogens is 2. The van der Waals surface area contributed by atoms with Crippen LogP contribution in [0.3, 0.4) is 0 Å². The molecule has 0 amide bonds. The molecule has 118 valence electrons. The molecular formula is C15H15Cl2NO3S. The zero-order valence-electron chi connectivity index (χ0n) is 12.3. The lowest BCUT2D eigenvalue weighted by Gasteiger charge is -2.23. The number of hydrogen-bond acceptors (Lipinski definition) is 3. The third-order valence-electron chi connectivity index (χ3n) is 3.57. The van der Waals surface area contributed by atoms with Crippen LogP contribution in [0.15, 0.2) is 51.0 Å². The lowest BCUT2D eigenvalue weighted by molar-refractivity contribution is -0.114. The van der Waals surface area contributed by atoms with Gasteiger partial charge in [-0.05, 0) is 44.1 Å². The Hall–Kier alpha value is -1.30. The van der Waals surface area contributed by atoms with Crippen LogP contribution in [0.2, 0.25) is 0 Å². The SMILES string of the molecule is CC1=C(C)C(NS(=O)(=O)c2ccc(C)cc2)=C(Cl)C(Cl)C1=O. The summed E-state index contributed by atoms with van der Waals surface area (Å²) in [5.74, 6) is -0.317. The number of alkyl halides is 1. The second-order valence-electron chi connectivity index (χ2n) is 5.12. The van der Waals surface area contributed by atoms with Gasteiger partial charge >= 0.3 is 0 Å². The van der Waals surface area contributed by atoms with Gasteiger partial charge in [0.2, 0.25) is 0 Å². The first-order valence-corrected chi connectivity index (χ1v) is 8.80. The third kappa shape index (κ3) is 3.07. The number of sulfonamides is 1. The Morgan fingerprint density at radius 1 is 1.05 bits per heavy atom. The van der Waals surface area contributed by atoms with Gasteiger partial charge in [0.1, 0.15) is 5.38 Å². The fourth-order valence-corrected chi connectivity index (χ4v) is 3.78. The van der Waals surface area contributed by atoms with Crippen LogP contribution in [0.4, 0.5) is 0 Å². The van der Waals surface area contributed by atoms with Crippen LogP contribution < -0.4 is 4.72 Å². The highest BCUT2D eigenvalue weighted by molar-refractivity contribution is 7.89. The molecule has 2 rings (SSSR count). The smallest absolute Gasteiger partial charge is 0.261 e. The van der Waals surface area contributed by atoms with Gasteiger partial charge in [0, 0.05) is 0 Å². The van der Waals surface area contributed by atoms with Crippen LogP contribution in [0.25, 0.3) is 0 Å². The van der Waals surface area contributed by atoms with Crippen molar-refractivity contribution in [3.63, 3.8) is 0 Å². The predicted molar refractivity (Wildman–Crippen MR) is 87.4 cm³/mol. The Morgan fingerprint density at radius 3 is 2.14 bits per heavy atom. The monoisotopic (exact) mass is 359 g/mol. The number of aryl methyl sites for hydroxylation is 1. The average Bonchev–Trinajstić information content (AvgIpc) is 2.48. The summed E-state index contributed by atoms with van der Waals surface area (Å²) in [5, 5.41) is -1.08. The second-order valence-corrected chi connectivity index (χ2v) is 7.64. The minimum Gasteiger partial charge on any atom is -0.292 e. The summed E-state index contributed by atoms with van der Waals surface area (Å²) in [7, 11) is -3.80. The van der Waals surface area contributed by atoms with Gasteiger partial charge in [0.25, 0.3) is 10.0 Å². The number of rotatable bonds is 3. The Morgan fingerprint density at radius 2 is 1.59 bits per heavy atom. The molecule has 0 aromatic heterocycles. The zero-order valence-corrected chi connectivity index (χ0v) is 14.6. The van der Waals surface area contributed by atoms with Crippen molar-refractivity contribution in [1.82, 2.24) is 4.72 Å². The molecule has 7 heteroatoms. The summed E-state index contributed by atoms with van der Waals surface area (Å²) >= 11 is 12.0. The van der Waals surface area contributed by atoms with Gasteiger partial charge in [0.05, 0.1) is 15.6 Å². The van der Waals surface area contributed by atoms with Gasteiger partial charge in [0.15, 0.2) is 5.78 Å². The molecule has 1 atom stereocenters. The molecule has 1 N–H and O–H groups in total. The molecule has 4 nitrogen and oxygen atoms in total. The van der Waals surface area contributed by atoms with E-state index in [-0.39, 0.29) is 21.4 Å². The van der Waals surface area contributed by atoms with Gasteiger partial charge in [-0.2, -0.15) is 0 Å². The normalized spacial score (nSPS) is 19.7. The maximum atomic E-state index is 12.4. The van der Waals surface area contributed by atoms with E-state index in [1.807, 2.05) is 6.92 Å². The Bertz CT molecular complexity index is 793. The summed E-state index contributed by atoms with van der Waals surface area (Å²) in [6, 6.07) is 6.41. The summed E-state index contributed by atoms with van der Waals surface area (Å²) in [6.45, 7) is 5.09. The molecule has 0 saturated carbocycles. The van der Waals surface area contributed by atoms with Crippen LogP contribution in [0, 0.1) is 6.92 Å². The quantitative estimate of drug-likeness (QED) is 0.842.